The van der Waals surface area contributed by atoms with E-state index in [1.807, 2.05) is 18.3 Å². The van der Waals surface area contributed by atoms with E-state index in [1.54, 1.807) is 9.03 Å². The van der Waals surface area contributed by atoms with Crippen LogP contribution in [0.15, 0.2) is 18.3 Å². The van der Waals surface area contributed by atoms with Crippen molar-refractivity contribution in [3.63, 3.8) is 0 Å². The Morgan fingerprint density at radius 3 is 2.95 bits per heavy atom. The van der Waals surface area contributed by atoms with Crippen molar-refractivity contribution in [1.29, 1.82) is 0 Å². The number of hydrogen-bond acceptors (Lipinski definition) is 7. The molecule has 4 heterocycles. The van der Waals surface area contributed by atoms with Crippen LogP contribution in [0, 0.1) is 0 Å². The highest BCUT2D eigenvalue weighted by Gasteiger charge is 2.15. The Bertz CT molecular complexity index is 901. The maximum Gasteiger partial charge on any atom is 0.234 e. The lowest BCUT2D eigenvalue weighted by atomic mass is 10.2. The number of hydrogen-bond donors (Lipinski definition) is 0. The second-order valence-electron chi connectivity index (χ2n) is 4.71. The summed E-state index contributed by atoms with van der Waals surface area (Å²) in [5.74, 6) is 1.15. The minimum Gasteiger partial charge on any atom is -0.201 e. The average Bonchev–Trinajstić information content (AvgIpc) is 3.11. The SMILES string of the molecule is CC(C)c1nnc2sc(-c3ccn4nnnc4c3)nn12. The van der Waals surface area contributed by atoms with Gasteiger partial charge in [-0.2, -0.15) is 9.61 Å². The molecule has 4 aromatic heterocycles. The Hall–Kier alpha value is -2.42. The largest absolute Gasteiger partial charge is 0.234 e. The first-order valence-corrected chi connectivity index (χ1v) is 6.94. The Balaban J connectivity index is 1.88. The summed E-state index contributed by atoms with van der Waals surface area (Å²) in [6.07, 6.45) is 1.82. The predicted octanol–water partition coefficient (Wildman–Crippen LogP) is 1.41. The molecule has 0 aliphatic carbocycles. The van der Waals surface area contributed by atoms with E-state index in [4.69, 9.17) is 0 Å². The molecule has 20 heavy (non-hydrogen) atoms. The smallest absolute Gasteiger partial charge is 0.201 e. The van der Waals surface area contributed by atoms with E-state index in [0.29, 0.717) is 5.65 Å². The molecular weight excluding hydrogens is 276 g/mol. The van der Waals surface area contributed by atoms with Crippen LogP contribution in [0.3, 0.4) is 0 Å². The maximum atomic E-state index is 4.59. The van der Waals surface area contributed by atoms with Gasteiger partial charge in [-0.15, -0.1) is 15.3 Å². The van der Waals surface area contributed by atoms with Gasteiger partial charge < -0.3 is 0 Å². The van der Waals surface area contributed by atoms with Crippen LogP contribution in [0.5, 0.6) is 0 Å². The van der Waals surface area contributed by atoms with Gasteiger partial charge >= 0.3 is 0 Å². The molecule has 0 bridgehead atoms. The van der Waals surface area contributed by atoms with Crippen molar-refractivity contribution in [2.45, 2.75) is 19.8 Å². The third kappa shape index (κ3) is 1.59. The van der Waals surface area contributed by atoms with Crippen LogP contribution < -0.4 is 0 Å². The summed E-state index contributed by atoms with van der Waals surface area (Å²) >= 11 is 1.50. The van der Waals surface area contributed by atoms with E-state index in [2.05, 4.69) is 44.7 Å². The first kappa shape index (κ1) is 11.4. The second kappa shape index (κ2) is 4.04. The zero-order chi connectivity index (χ0) is 13.7. The first-order valence-electron chi connectivity index (χ1n) is 6.12. The second-order valence-corrected chi connectivity index (χ2v) is 5.67. The number of nitrogens with zero attached hydrogens (tertiary/aromatic N) is 8. The minimum absolute atomic E-state index is 0.281. The number of pyridine rings is 1. The van der Waals surface area contributed by atoms with Crippen molar-refractivity contribution >= 4 is 21.9 Å². The Morgan fingerprint density at radius 1 is 1.20 bits per heavy atom. The van der Waals surface area contributed by atoms with Gasteiger partial charge in [-0.25, -0.2) is 4.52 Å². The van der Waals surface area contributed by atoms with Gasteiger partial charge in [0.1, 0.15) is 5.01 Å². The molecule has 0 amide bonds. The molecule has 0 aliphatic rings. The lowest BCUT2D eigenvalue weighted by Crippen LogP contribution is -1.98. The van der Waals surface area contributed by atoms with Gasteiger partial charge in [0.15, 0.2) is 11.5 Å². The van der Waals surface area contributed by atoms with Crippen LogP contribution in [0.2, 0.25) is 0 Å². The molecule has 0 saturated heterocycles. The number of fused-ring (bicyclic) bond motifs is 2. The van der Waals surface area contributed by atoms with Crippen molar-refractivity contribution in [3.8, 4) is 10.6 Å². The highest BCUT2D eigenvalue weighted by molar-refractivity contribution is 7.19. The molecule has 0 saturated carbocycles. The van der Waals surface area contributed by atoms with Crippen molar-refractivity contribution in [3.05, 3.63) is 24.2 Å². The van der Waals surface area contributed by atoms with Gasteiger partial charge in [0.2, 0.25) is 4.96 Å². The number of rotatable bonds is 2. The highest BCUT2D eigenvalue weighted by Crippen LogP contribution is 2.27. The fraction of sp³-hybridized carbons (Fsp3) is 0.273. The van der Waals surface area contributed by atoms with E-state index in [-0.39, 0.29) is 5.92 Å². The fourth-order valence-electron chi connectivity index (χ4n) is 1.98. The molecule has 0 radical (unpaired) electrons. The molecule has 9 heteroatoms. The molecule has 0 aromatic carbocycles. The van der Waals surface area contributed by atoms with Crippen molar-refractivity contribution in [2.24, 2.45) is 0 Å². The van der Waals surface area contributed by atoms with Crippen LogP contribution in [0.1, 0.15) is 25.6 Å². The third-order valence-corrected chi connectivity index (χ3v) is 3.92. The van der Waals surface area contributed by atoms with Gasteiger partial charge in [0.25, 0.3) is 0 Å². The summed E-state index contributed by atoms with van der Waals surface area (Å²) in [6, 6.07) is 3.84. The van der Waals surface area contributed by atoms with Crippen LogP contribution in [-0.2, 0) is 0 Å². The zero-order valence-electron chi connectivity index (χ0n) is 10.8. The Labute approximate surface area is 117 Å². The van der Waals surface area contributed by atoms with Gasteiger partial charge in [-0.05, 0) is 22.6 Å². The summed E-state index contributed by atoms with van der Waals surface area (Å²) < 4.78 is 3.42. The predicted molar refractivity (Wildman–Crippen MR) is 72.5 cm³/mol. The fourth-order valence-corrected chi connectivity index (χ4v) is 2.82. The number of aromatic nitrogens is 8. The topological polar surface area (TPSA) is 86.2 Å². The van der Waals surface area contributed by atoms with Gasteiger partial charge in [-0.3, -0.25) is 0 Å². The van der Waals surface area contributed by atoms with E-state index in [1.165, 1.54) is 11.3 Å². The lowest BCUT2D eigenvalue weighted by molar-refractivity contribution is 0.727. The van der Waals surface area contributed by atoms with Crippen LogP contribution in [-0.4, -0.2) is 39.9 Å². The van der Waals surface area contributed by atoms with Crippen LogP contribution in [0.4, 0.5) is 0 Å². The molecule has 0 atom stereocenters. The molecule has 0 unspecified atom stereocenters. The van der Waals surface area contributed by atoms with Crippen molar-refractivity contribution in [2.75, 3.05) is 0 Å². The van der Waals surface area contributed by atoms with E-state index in [9.17, 15) is 0 Å². The summed E-state index contributed by atoms with van der Waals surface area (Å²) in [5.41, 5.74) is 1.66. The summed E-state index contributed by atoms with van der Waals surface area (Å²) in [7, 11) is 0. The molecule has 8 nitrogen and oxygen atoms in total. The minimum atomic E-state index is 0.281. The molecule has 100 valence electrons. The van der Waals surface area contributed by atoms with Crippen molar-refractivity contribution in [1.82, 2.24) is 39.9 Å². The highest BCUT2D eigenvalue weighted by atomic mass is 32.1. The lowest BCUT2D eigenvalue weighted by Gasteiger charge is -1.98. The third-order valence-electron chi connectivity index (χ3n) is 2.98. The Kier molecular flexibility index (Phi) is 2.30. The summed E-state index contributed by atoms with van der Waals surface area (Å²) in [4.78, 5) is 0.795. The summed E-state index contributed by atoms with van der Waals surface area (Å²) in [6.45, 7) is 4.15. The monoisotopic (exact) mass is 286 g/mol. The maximum absolute atomic E-state index is 4.59. The average molecular weight is 286 g/mol. The quantitative estimate of drug-likeness (QED) is 0.554. The van der Waals surface area contributed by atoms with Gasteiger partial charge in [0.05, 0.1) is 0 Å². The van der Waals surface area contributed by atoms with Crippen molar-refractivity contribution < 1.29 is 0 Å². The molecule has 0 N–H and O–H groups in total. The van der Waals surface area contributed by atoms with Gasteiger partial charge in [-0.1, -0.05) is 25.2 Å². The normalized spacial score (nSPS) is 11.9. The summed E-state index contributed by atoms with van der Waals surface area (Å²) in [5, 5.41) is 25.2. The van der Waals surface area contributed by atoms with E-state index < -0.39 is 0 Å². The molecular formula is C11H10N8S. The van der Waals surface area contributed by atoms with Crippen LogP contribution in [0.25, 0.3) is 21.2 Å². The molecule has 0 fully saturated rings. The molecule has 0 aliphatic heterocycles. The number of tetrazole rings is 1. The van der Waals surface area contributed by atoms with E-state index >= 15 is 0 Å². The standard InChI is InChI=1S/C11H10N8S/c1-6(2)9-13-14-11-19(9)15-10(20-11)7-3-4-18-8(5-7)12-16-17-18/h3-6H,1-2H3. The van der Waals surface area contributed by atoms with E-state index in [0.717, 1.165) is 21.4 Å². The Morgan fingerprint density at radius 2 is 2.10 bits per heavy atom. The molecule has 4 rings (SSSR count). The van der Waals surface area contributed by atoms with Crippen LogP contribution >= 0.6 is 11.3 Å². The first-order chi connectivity index (χ1) is 9.72. The molecule has 4 aromatic rings. The zero-order valence-corrected chi connectivity index (χ0v) is 11.6. The molecule has 0 spiro atoms. The van der Waals surface area contributed by atoms with Gasteiger partial charge in [0, 0.05) is 17.7 Å².